The van der Waals surface area contributed by atoms with E-state index in [9.17, 15) is 14.4 Å². The third kappa shape index (κ3) is 3.24. The summed E-state index contributed by atoms with van der Waals surface area (Å²) in [7, 11) is 1.42. The SMILES string of the molecule is C/[N+]([O-])=C/c1ccc(-c2nn(-c3ccc(F)cc3)c(=O)c3ccccc23)s1. The molecule has 2 aromatic heterocycles. The van der Waals surface area contributed by atoms with Gasteiger partial charge in [-0.2, -0.15) is 9.78 Å². The molecular formula is C20H14FN3O2S. The molecule has 0 aliphatic carbocycles. The minimum atomic E-state index is -0.381. The maximum absolute atomic E-state index is 13.3. The van der Waals surface area contributed by atoms with Gasteiger partial charge < -0.3 is 5.21 Å². The van der Waals surface area contributed by atoms with Crippen molar-refractivity contribution in [3.8, 4) is 16.3 Å². The fourth-order valence-electron chi connectivity index (χ4n) is 2.86. The van der Waals surface area contributed by atoms with Gasteiger partial charge in [0, 0.05) is 5.39 Å². The summed E-state index contributed by atoms with van der Waals surface area (Å²) in [6.07, 6.45) is 1.48. The molecule has 0 spiro atoms. The van der Waals surface area contributed by atoms with Crippen LogP contribution in [-0.2, 0) is 0 Å². The largest absolute Gasteiger partial charge is 0.624 e. The zero-order valence-electron chi connectivity index (χ0n) is 14.3. The van der Waals surface area contributed by atoms with E-state index in [1.165, 1.54) is 53.5 Å². The summed E-state index contributed by atoms with van der Waals surface area (Å²) >= 11 is 1.41. The van der Waals surface area contributed by atoms with Crippen LogP contribution in [0, 0.1) is 11.0 Å². The quantitative estimate of drug-likeness (QED) is 0.235. The van der Waals surface area contributed by atoms with E-state index in [-0.39, 0.29) is 11.4 Å². The van der Waals surface area contributed by atoms with E-state index in [0.717, 1.165) is 19.9 Å². The Morgan fingerprint density at radius 2 is 1.78 bits per heavy atom. The Hall–Kier alpha value is -3.32. The highest BCUT2D eigenvalue weighted by atomic mass is 32.1. The van der Waals surface area contributed by atoms with Gasteiger partial charge >= 0.3 is 0 Å². The molecule has 2 heterocycles. The summed E-state index contributed by atoms with van der Waals surface area (Å²) in [6.45, 7) is 0. The second-order valence-electron chi connectivity index (χ2n) is 5.96. The van der Waals surface area contributed by atoms with E-state index in [1.807, 2.05) is 24.3 Å². The smallest absolute Gasteiger partial charge is 0.279 e. The van der Waals surface area contributed by atoms with E-state index in [4.69, 9.17) is 0 Å². The molecule has 0 aliphatic heterocycles. The van der Waals surface area contributed by atoms with Gasteiger partial charge in [0.25, 0.3) is 5.56 Å². The van der Waals surface area contributed by atoms with Gasteiger partial charge in [-0.3, -0.25) is 4.79 Å². The molecule has 2 aromatic carbocycles. The molecule has 0 aliphatic rings. The van der Waals surface area contributed by atoms with Crippen molar-refractivity contribution < 1.29 is 9.13 Å². The van der Waals surface area contributed by atoms with Crippen LogP contribution in [0.1, 0.15) is 4.88 Å². The van der Waals surface area contributed by atoms with Crippen molar-refractivity contribution in [2.45, 2.75) is 0 Å². The Morgan fingerprint density at radius 3 is 2.48 bits per heavy atom. The molecule has 0 atom stereocenters. The van der Waals surface area contributed by atoms with Gasteiger partial charge in [-0.05, 0) is 42.5 Å². The number of halogens is 1. The van der Waals surface area contributed by atoms with E-state index < -0.39 is 0 Å². The molecule has 4 rings (SSSR count). The number of thiophene rings is 1. The van der Waals surface area contributed by atoms with Crippen molar-refractivity contribution in [1.29, 1.82) is 0 Å². The summed E-state index contributed by atoms with van der Waals surface area (Å²) in [5.41, 5.74) is 0.840. The van der Waals surface area contributed by atoms with Crippen LogP contribution in [0.5, 0.6) is 0 Å². The molecule has 0 amide bonds. The summed E-state index contributed by atoms with van der Waals surface area (Å²) < 4.78 is 15.3. The normalized spacial score (nSPS) is 11.9. The Kier molecular flexibility index (Phi) is 4.29. The van der Waals surface area contributed by atoms with Gasteiger partial charge in [-0.15, -0.1) is 11.3 Å². The van der Waals surface area contributed by atoms with Crippen LogP contribution in [-0.4, -0.2) is 27.8 Å². The molecule has 4 aromatic rings. The third-order valence-electron chi connectivity index (χ3n) is 4.05. The lowest BCUT2D eigenvalue weighted by Crippen LogP contribution is -2.22. The molecular weight excluding hydrogens is 365 g/mol. The lowest BCUT2D eigenvalue weighted by atomic mass is 10.1. The van der Waals surface area contributed by atoms with Crippen molar-refractivity contribution in [3.05, 3.63) is 86.9 Å². The van der Waals surface area contributed by atoms with Crippen LogP contribution in [0.3, 0.4) is 0 Å². The van der Waals surface area contributed by atoms with E-state index in [0.29, 0.717) is 16.8 Å². The van der Waals surface area contributed by atoms with E-state index >= 15 is 0 Å². The van der Waals surface area contributed by atoms with E-state index in [1.54, 1.807) is 12.1 Å². The van der Waals surface area contributed by atoms with Crippen LogP contribution in [0.2, 0.25) is 0 Å². The molecule has 134 valence electrons. The monoisotopic (exact) mass is 379 g/mol. The van der Waals surface area contributed by atoms with Crippen LogP contribution in [0.15, 0.2) is 65.5 Å². The first-order valence-corrected chi connectivity index (χ1v) is 8.97. The second-order valence-corrected chi connectivity index (χ2v) is 7.08. The first-order valence-electron chi connectivity index (χ1n) is 8.16. The summed E-state index contributed by atoms with van der Waals surface area (Å²) in [5, 5.41) is 17.1. The van der Waals surface area contributed by atoms with Gasteiger partial charge in [0.1, 0.15) is 18.6 Å². The molecule has 0 fully saturated rings. The summed E-state index contributed by atoms with van der Waals surface area (Å²) in [4.78, 5) is 14.5. The lowest BCUT2D eigenvalue weighted by molar-refractivity contribution is -0.416. The molecule has 0 N–H and O–H groups in total. The van der Waals surface area contributed by atoms with Crippen molar-refractivity contribution in [1.82, 2.24) is 9.78 Å². The molecule has 0 radical (unpaired) electrons. The lowest BCUT2D eigenvalue weighted by Gasteiger charge is -2.10. The number of benzene rings is 2. The number of rotatable bonds is 3. The average Bonchev–Trinajstić information content (AvgIpc) is 3.11. The first kappa shape index (κ1) is 17.1. The molecule has 7 heteroatoms. The molecule has 0 unspecified atom stereocenters. The van der Waals surface area contributed by atoms with Crippen molar-refractivity contribution in [2.24, 2.45) is 0 Å². The first-order chi connectivity index (χ1) is 13.0. The minimum Gasteiger partial charge on any atom is -0.624 e. The molecule has 0 saturated heterocycles. The van der Waals surface area contributed by atoms with Crippen LogP contribution < -0.4 is 5.56 Å². The molecule has 5 nitrogen and oxygen atoms in total. The van der Waals surface area contributed by atoms with Gasteiger partial charge in [0.05, 0.1) is 20.8 Å². The van der Waals surface area contributed by atoms with Gasteiger partial charge in [-0.25, -0.2) is 9.13 Å². The Morgan fingerprint density at radius 1 is 1.07 bits per heavy atom. The van der Waals surface area contributed by atoms with Crippen LogP contribution in [0.4, 0.5) is 4.39 Å². The average molecular weight is 379 g/mol. The van der Waals surface area contributed by atoms with Crippen molar-refractivity contribution in [3.63, 3.8) is 0 Å². The Labute approximate surface area is 157 Å². The minimum absolute atomic E-state index is 0.274. The number of aromatic nitrogens is 2. The highest BCUT2D eigenvalue weighted by Crippen LogP contribution is 2.30. The zero-order valence-corrected chi connectivity index (χ0v) is 15.1. The van der Waals surface area contributed by atoms with Gasteiger partial charge in [0.15, 0.2) is 6.21 Å². The van der Waals surface area contributed by atoms with Crippen LogP contribution in [0.25, 0.3) is 27.0 Å². The number of fused-ring (bicyclic) bond motifs is 1. The van der Waals surface area contributed by atoms with Crippen molar-refractivity contribution in [2.75, 3.05) is 7.05 Å². The van der Waals surface area contributed by atoms with E-state index in [2.05, 4.69) is 5.10 Å². The highest BCUT2D eigenvalue weighted by Gasteiger charge is 2.15. The fourth-order valence-corrected chi connectivity index (χ4v) is 3.83. The molecule has 27 heavy (non-hydrogen) atoms. The maximum Gasteiger partial charge on any atom is 0.279 e. The predicted octanol–water partition coefficient (Wildman–Crippen LogP) is 3.81. The van der Waals surface area contributed by atoms with Gasteiger partial charge in [0.2, 0.25) is 0 Å². The topological polar surface area (TPSA) is 61.0 Å². The van der Waals surface area contributed by atoms with Crippen LogP contribution >= 0.6 is 11.3 Å². The summed E-state index contributed by atoms with van der Waals surface area (Å²) in [6, 6.07) is 16.5. The third-order valence-corrected chi connectivity index (χ3v) is 5.07. The summed E-state index contributed by atoms with van der Waals surface area (Å²) in [5.74, 6) is -0.381. The zero-order chi connectivity index (χ0) is 19.0. The molecule has 0 saturated carbocycles. The second kappa shape index (κ2) is 6.77. The fraction of sp³-hybridized carbons (Fsp3) is 0.0500. The maximum atomic E-state index is 13.3. The van der Waals surface area contributed by atoms with Gasteiger partial charge in [-0.1, -0.05) is 18.2 Å². The Bertz CT molecular complexity index is 1220. The highest BCUT2D eigenvalue weighted by molar-refractivity contribution is 7.17. The number of nitrogens with zero attached hydrogens (tertiary/aromatic N) is 3. The number of hydrogen-bond donors (Lipinski definition) is 0. The van der Waals surface area contributed by atoms with Crippen molar-refractivity contribution >= 4 is 28.3 Å². The number of hydroxylamine groups is 1. The number of hydrogen-bond acceptors (Lipinski definition) is 4. The standard InChI is InChI=1S/C20H14FN3O2S/c1-23(26)12-15-10-11-18(27-15)19-16-4-2-3-5-17(16)20(25)24(22-19)14-8-6-13(21)7-9-14/h2-12H,1H3/b23-12-. The predicted molar refractivity (Wildman–Crippen MR) is 105 cm³/mol. The Balaban J connectivity index is 1.98. The molecule has 0 bridgehead atoms.